The number of para-hydroxylation sites is 2. The van der Waals surface area contributed by atoms with Crippen LogP contribution in [0.4, 0.5) is 5.95 Å². The second-order valence-electron chi connectivity index (χ2n) is 5.67. The largest absolute Gasteiger partial charge is 0.872 e. The van der Waals surface area contributed by atoms with E-state index in [4.69, 9.17) is 0 Å². The number of hydrogen-bond acceptors (Lipinski definition) is 2. The van der Waals surface area contributed by atoms with Gasteiger partial charge in [-0.05, 0) is 28.5 Å². The van der Waals surface area contributed by atoms with Crippen molar-refractivity contribution in [2.45, 2.75) is 6.54 Å². The highest BCUT2D eigenvalue weighted by Crippen LogP contribution is 2.26. The minimum absolute atomic E-state index is 0.0648. The Kier molecular flexibility index (Phi) is 3.15. The second kappa shape index (κ2) is 5.32. The highest BCUT2D eigenvalue weighted by atomic mass is 16.3. The number of aryl methyl sites for hydroxylation is 1. The first kappa shape index (κ1) is 13.6. The van der Waals surface area contributed by atoms with Gasteiger partial charge in [0.1, 0.15) is 11.0 Å². The van der Waals surface area contributed by atoms with Gasteiger partial charge in [-0.2, -0.15) is 0 Å². The lowest BCUT2D eigenvalue weighted by atomic mass is 10.0. The van der Waals surface area contributed by atoms with Crippen LogP contribution >= 0.6 is 0 Å². The SMILES string of the molecule is C[n+]1c(NCc2c([O-])ccc3ccccc23)[nH]c2ccccc21. The molecule has 0 aliphatic carbocycles. The number of aromatic amines is 1. The van der Waals surface area contributed by atoms with E-state index in [-0.39, 0.29) is 5.75 Å². The first-order valence-electron chi connectivity index (χ1n) is 7.62. The summed E-state index contributed by atoms with van der Waals surface area (Å²) >= 11 is 0. The Labute approximate surface area is 134 Å². The molecule has 0 aliphatic heterocycles. The zero-order valence-corrected chi connectivity index (χ0v) is 12.8. The van der Waals surface area contributed by atoms with Crippen LogP contribution in [0.2, 0.25) is 0 Å². The lowest BCUT2D eigenvalue weighted by molar-refractivity contribution is -0.630. The fourth-order valence-corrected chi connectivity index (χ4v) is 3.04. The maximum absolute atomic E-state index is 12.3. The predicted molar refractivity (Wildman–Crippen MR) is 90.2 cm³/mol. The van der Waals surface area contributed by atoms with Crippen molar-refractivity contribution in [2.24, 2.45) is 7.05 Å². The quantitative estimate of drug-likeness (QED) is 0.572. The summed E-state index contributed by atoms with van der Waals surface area (Å²) in [4.78, 5) is 3.35. The molecule has 0 amide bonds. The van der Waals surface area contributed by atoms with Crippen LogP contribution in [0.25, 0.3) is 21.8 Å². The minimum Gasteiger partial charge on any atom is -0.872 e. The molecular weight excluding hydrogens is 286 g/mol. The van der Waals surface area contributed by atoms with Gasteiger partial charge in [0.25, 0.3) is 0 Å². The molecule has 4 nitrogen and oxygen atoms in total. The van der Waals surface area contributed by atoms with Crippen LogP contribution in [-0.2, 0) is 13.6 Å². The van der Waals surface area contributed by atoms with Crippen molar-refractivity contribution in [1.82, 2.24) is 4.98 Å². The zero-order chi connectivity index (χ0) is 15.8. The third-order valence-corrected chi connectivity index (χ3v) is 4.28. The Hall–Kier alpha value is -3.01. The lowest BCUT2D eigenvalue weighted by Crippen LogP contribution is -2.30. The van der Waals surface area contributed by atoms with E-state index in [1.165, 1.54) is 0 Å². The van der Waals surface area contributed by atoms with Gasteiger partial charge in [-0.3, -0.25) is 5.32 Å². The number of nitrogens with one attached hydrogen (secondary N) is 2. The average molecular weight is 303 g/mol. The van der Waals surface area contributed by atoms with Crippen LogP contribution in [0.15, 0.2) is 60.7 Å². The second-order valence-corrected chi connectivity index (χ2v) is 5.67. The summed E-state index contributed by atoms with van der Waals surface area (Å²) in [7, 11) is 2.00. The summed E-state index contributed by atoms with van der Waals surface area (Å²) < 4.78 is 2.06. The molecule has 1 aromatic heterocycles. The van der Waals surface area contributed by atoms with Gasteiger partial charge >= 0.3 is 5.95 Å². The Bertz CT molecular complexity index is 1000. The molecule has 0 spiro atoms. The van der Waals surface area contributed by atoms with Gasteiger partial charge in [-0.25, -0.2) is 9.55 Å². The van der Waals surface area contributed by atoms with Crippen molar-refractivity contribution >= 4 is 27.8 Å². The number of hydrogen-bond donors (Lipinski definition) is 2. The molecule has 0 atom stereocenters. The summed E-state index contributed by atoms with van der Waals surface area (Å²) in [6.07, 6.45) is 0. The van der Waals surface area contributed by atoms with Crippen molar-refractivity contribution in [1.29, 1.82) is 0 Å². The van der Waals surface area contributed by atoms with Crippen molar-refractivity contribution in [3.63, 3.8) is 0 Å². The number of rotatable bonds is 3. The number of H-pyrrole nitrogens is 1. The van der Waals surface area contributed by atoms with Crippen molar-refractivity contribution in [3.05, 3.63) is 66.2 Å². The summed E-state index contributed by atoms with van der Waals surface area (Å²) in [5.74, 6) is 0.952. The first-order valence-corrected chi connectivity index (χ1v) is 7.62. The van der Waals surface area contributed by atoms with Gasteiger partial charge in [0.2, 0.25) is 0 Å². The standard InChI is InChI=1S/C19H17N3O/c1-22-17-9-5-4-8-16(17)21-19(22)20-12-15-14-7-3-2-6-13(14)10-11-18(15)23/h2-11H,12H2,1H3,(H2,20,21,23). The number of imidazole rings is 1. The number of fused-ring (bicyclic) bond motifs is 2. The van der Waals surface area contributed by atoms with E-state index in [9.17, 15) is 5.11 Å². The van der Waals surface area contributed by atoms with Crippen LogP contribution in [0.3, 0.4) is 0 Å². The minimum atomic E-state index is 0.0648. The Morgan fingerprint density at radius 2 is 1.78 bits per heavy atom. The predicted octanol–water partition coefficient (Wildman–Crippen LogP) is 2.83. The van der Waals surface area contributed by atoms with Crippen LogP contribution in [-0.4, -0.2) is 4.98 Å². The van der Waals surface area contributed by atoms with Gasteiger partial charge < -0.3 is 5.11 Å². The summed E-state index contributed by atoms with van der Waals surface area (Å²) in [5, 5.41) is 17.7. The maximum atomic E-state index is 12.3. The van der Waals surface area contributed by atoms with E-state index in [0.29, 0.717) is 6.54 Å². The van der Waals surface area contributed by atoms with Gasteiger partial charge in [-0.15, -0.1) is 5.75 Å². The van der Waals surface area contributed by atoms with E-state index in [1.807, 2.05) is 55.6 Å². The lowest BCUT2D eigenvalue weighted by Gasteiger charge is -2.15. The van der Waals surface area contributed by atoms with Crippen LogP contribution in [0, 0.1) is 0 Å². The highest BCUT2D eigenvalue weighted by molar-refractivity contribution is 5.87. The van der Waals surface area contributed by atoms with E-state index < -0.39 is 0 Å². The molecular formula is C19H17N3O. The Morgan fingerprint density at radius 3 is 2.65 bits per heavy atom. The molecule has 0 radical (unpaired) electrons. The van der Waals surface area contributed by atoms with Gasteiger partial charge in [0.05, 0.1) is 13.6 Å². The molecule has 114 valence electrons. The fraction of sp³-hybridized carbons (Fsp3) is 0.105. The number of anilines is 1. The van der Waals surface area contributed by atoms with Gasteiger partial charge in [0.15, 0.2) is 0 Å². The van der Waals surface area contributed by atoms with Crippen molar-refractivity contribution < 1.29 is 9.67 Å². The van der Waals surface area contributed by atoms with E-state index in [1.54, 1.807) is 6.07 Å². The monoisotopic (exact) mass is 303 g/mol. The Morgan fingerprint density at radius 1 is 1.00 bits per heavy atom. The fourth-order valence-electron chi connectivity index (χ4n) is 3.04. The van der Waals surface area contributed by atoms with E-state index >= 15 is 0 Å². The molecule has 23 heavy (non-hydrogen) atoms. The molecule has 0 unspecified atom stereocenters. The van der Waals surface area contributed by atoms with Crippen LogP contribution in [0.5, 0.6) is 5.75 Å². The first-order chi connectivity index (χ1) is 11.2. The van der Waals surface area contributed by atoms with Crippen molar-refractivity contribution in [3.8, 4) is 5.75 Å². The topological polar surface area (TPSA) is 54.8 Å². The molecule has 0 fully saturated rings. The molecule has 2 N–H and O–H groups in total. The molecule has 0 bridgehead atoms. The number of benzene rings is 3. The molecule has 4 rings (SSSR count). The Balaban J connectivity index is 1.71. The zero-order valence-electron chi connectivity index (χ0n) is 12.8. The molecule has 4 aromatic rings. The summed E-state index contributed by atoms with van der Waals surface area (Å²) in [5.41, 5.74) is 2.98. The smallest absolute Gasteiger partial charge is 0.356 e. The third kappa shape index (κ3) is 2.28. The number of aromatic nitrogens is 2. The summed E-state index contributed by atoms with van der Waals surface area (Å²) in [6.45, 7) is 0.487. The van der Waals surface area contributed by atoms with E-state index in [2.05, 4.69) is 20.9 Å². The van der Waals surface area contributed by atoms with Gasteiger partial charge in [-0.1, -0.05) is 48.5 Å². The molecule has 3 aromatic carbocycles. The molecule has 0 saturated carbocycles. The highest BCUT2D eigenvalue weighted by Gasteiger charge is 2.13. The maximum Gasteiger partial charge on any atom is 0.356 e. The van der Waals surface area contributed by atoms with Gasteiger partial charge in [0, 0.05) is 0 Å². The van der Waals surface area contributed by atoms with Crippen molar-refractivity contribution in [2.75, 3.05) is 5.32 Å². The molecule has 4 heteroatoms. The summed E-state index contributed by atoms with van der Waals surface area (Å²) in [6, 6.07) is 19.6. The number of nitrogens with zero attached hydrogens (tertiary/aromatic N) is 1. The molecule has 1 heterocycles. The molecule has 0 aliphatic rings. The third-order valence-electron chi connectivity index (χ3n) is 4.28. The molecule has 0 saturated heterocycles. The average Bonchev–Trinajstić information content (AvgIpc) is 2.90. The van der Waals surface area contributed by atoms with Crippen LogP contribution < -0.4 is 15.0 Å². The van der Waals surface area contributed by atoms with E-state index in [0.717, 1.165) is 33.3 Å². The van der Waals surface area contributed by atoms with Crippen LogP contribution in [0.1, 0.15) is 5.56 Å². The normalized spacial score (nSPS) is 11.2.